The molecule has 0 saturated heterocycles. The standard InChI is InChI=1S/C13H11ClN5/c14-12-11(17-10-3-1-2-6-19(10)12)9-4-7-18-8-5-15-13(18)16-9/h4,7-8H,1-3,6H2. The summed E-state index contributed by atoms with van der Waals surface area (Å²) in [5, 5.41) is 0.682. The van der Waals surface area contributed by atoms with Gasteiger partial charge in [0.25, 0.3) is 0 Å². The first kappa shape index (κ1) is 11.0. The molecule has 3 aromatic heterocycles. The zero-order valence-corrected chi connectivity index (χ0v) is 10.9. The van der Waals surface area contributed by atoms with Crippen molar-refractivity contribution in [1.82, 2.24) is 23.9 Å². The molecule has 6 heteroatoms. The van der Waals surface area contributed by atoms with Gasteiger partial charge < -0.3 is 4.57 Å². The van der Waals surface area contributed by atoms with E-state index < -0.39 is 0 Å². The van der Waals surface area contributed by atoms with E-state index in [1.165, 1.54) is 6.42 Å². The Bertz CT molecular complexity index is 758. The van der Waals surface area contributed by atoms with E-state index in [2.05, 4.69) is 25.7 Å². The van der Waals surface area contributed by atoms with Gasteiger partial charge >= 0.3 is 0 Å². The van der Waals surface area contributed by atoms with Gasteiger partial charge in [0.2, 0.25) is 5.78 Å². The number of halogens is 1. The molecule has 1 radical (unpaired) electrons. The molecular formula is C13H11ClN5. The van der Waals surface area contributed by atoms with E-state index in [1.807, 2.05) is 16.7 Å². The van der Waals surface area contributed by atoms with Crippen LogP contribution in [-0.2, 0) is 13.0 Å². The average Bonchev–Trinajstić information content (AvgIpc) is 3.03. The molecule has 1 aliphatic rings. The lowest BCUT2D eigenvalue weighted by Crippen LogP contribution is -2.10. The van der Waals surface area contributed by atoms with Crippen molar-refractivity contribution in [2.75, 3.05) is 0 Å². The van der Waals surface area contributed by atoms with Gasteiger partial charge in [0.05, 0.1) is 5.69 Å². The highest BCUT2D eigenvalue weighted by Crippen LogP contribution is 2.30. The summed E-state index contributed by atoms with van der Waals surface area (Å²) in [5.74, 6) is 1.67. The van der Waals surface area contributed by atoms with Crippen LogP contribution in [0.5, 0.6) is 0 Å². The molecular weight excluding hydrogens is 262 g/mol. The molecule has 0 amide bonds. The Kier molecular flexibility index (Phi) is 2.35. The van der Waals surface area contributed by atoms with Crippen LogP contribution < -0.4 is 0 Å². The second-order valence-electron chi connectivity index (χ2n) is 4.67. The zero-order chi connectivity index (χ0) is 12.8. The van der Waals surface area contributed by atoms with Gasteiger partial charge in [-0.3, -0.25) is 4.40 Å². The quantitative estimate of drug-likeness (QED) is 0.683. The SMILES string of the molecule is Clc1c(-c2ccn3c[c]nc3n2)nc2n1CCCC2. The summed E-state index contributed by atoms with van der Waals surface area (Å²) in [7, 11) is 0. The molecule has 0 unspecified atom stereocenters. The molecule has 0 atom stereocenters. The van der Waals surface area contributed by atoms with Crippen molar-refractivity contribution in [1.29, 1.82) is 0 Å². The third-order valence-electron chi connectivity index (χ3n) is 3.47. The molecule has 95 valence electrons. The second kappa shape index (κ2) is 4.06. The summed E-state index contributed by atoms with van der Waals surface area (Å²) >= 11 is 6.43. The van der Waals surface area contributed by atoms with E-state index in [4.69, 9.17) is 11.6 Å². The van der Waals surface area contributed by atoms with Crippen molar-refractivity contribution in [3.8, 4) is 11.4 Å². The number of fused-ring (bicyclic) bond motifs is 2. The monoisotopic (exact) mass is 272 g/mol. The lowest BCUT2D eigenvalue weighted by atomic mass is 10.2. The van der Waals surface area contributed by atoms with Gasteiger partial charge in [0.15, 0.2) is 0 Å². The van der Waals surface area contributed by atoms with Crippen molar-refractivity contribution >= 4 is 17.4 Å². The Morgan fingerprint density at radius 1 is 1.26 bits per heavy atom. The van der Waals surface area contributed by atoms with Crippen LogP contribution in [0.1, 0.15) is 18.7 Å². The van der Waals surface area contributed by atoms with Crippen molar-refractivity contribution in [3.05, 3.63) is 35.6 Å². The first-order chi connectivity index (χ1) is 9.33. The fourth-order valence-corrected chi connectivity index (χ4v) is 2.82. The van der Waals surface area contributed by atoms with Crippen molar-refractivity contribution in [2.24, 2.45) is 0 Å². The molecule has 5 nitrogen and oxygen atoms in total. The lowest BCUT2D eigenvalue weighted by molar-refractivity contribution is 0.523. The molecule has 0 bridgehead atoms. The van der Waals surface area contributed by atoms with Crippen LogP contribution in [0.4, 0.5) is 0 Å². The van der Waals surface area contributed by atoms with E-state index in [-0.39, 0.29) is 0 Å². The van der Waals surface area contributed by atoms with Gasteiger partial charge in [-0.25, -0.2) is 15.0 Å². The molecule has 1 aliphatic heterocycles. The zero-order valence-electron chi connectivity index (χ0n) is 10.2. The topological polar surface area (TPSA) is 48.0 Å². The third-order valence-corrected chi connectivity index (χ3v) is 3.85. The highest BCUT2D eigenvalue weighted by Gasteiger charge is 2.20. The number of aryl methyl sites for hydroxylation is 1. The number of nitrogens with zero attached hydrogens (tertiary/aromatic N) is 5. The summed E-state index contributed by atoms with van der Waals surface area (Å²) in [6.45, 7) is 0.945. The molecule has 4 heterocycles. The Hall–Kier alpha value is -1.88. The minimum absolute atomic E-state index is 0.611. The maximum atomic E-state index is 6.43. The average molecular weight is 273 g/mol. The first-order valence-corrected chi connectivity index (χ1v) is 6.68. The second-order valence-corrected chi connectivity index (χ2v) is 5.02. The smallest absolute Gasteiger partial charge is 0.234 e. The van der Waals surface area contributed by atoms with Crippen LogP contribution in [0.3, 0.4) is 0 Å². The molecule has 19 heavy (non-hydrogen) atoms. The highest BCUT2D eigenvalue weighted by atomic mass is 35.5. The third kappa shape index (κ3) is 1.65. The van der Waals surface area contributed by atoms with E-state index in [9.17, 15) is 0 Å². The highest BCUT2D eigenvalue weighted by molar-refractivity contribution is 6.32. The maximum absolute atomic E-state index is 6.43. The lowest BCUT2D eigenvalue weighted by Gasteiger charge is -2.13. The molecule has 0 fully saturated rings. The largest absolute Gasteiger partial charge is 0.319 e. The fraction of sp³-hybridized carbons (Fsp3) is 0.308. The normalized spacial score (nSPS) is 14.8. The van der Waals surface area contributed by atoms with Gasteiger partial charge in [-0.2, -0.15) is 0 Å². The summed E-state index contributed by atoms with van der Waals surface area (Å²) < 4.78 is 3.90. The van der Waals surface area contributed by atoms with Crippen LogP contribution in [0.2, 0.25) is 5.15 Å². The van der Waals surface area contributed by atoms with Crippen LogP contribution in [-0.4, -0.2) is 23.9 Å². The number of imidazole rings is 2. The van der Waals surface area contributed by atoms with Crippen LogP contribution in [0.25, 0.3) is 17.2 Å². The molecule has 4 rings (SSSR count). The minimum Gasteiger partial charge on any atom is -0.319 e. The summed E-state index contributed by atoms with van der Waals surface area (Å²) in [4.78, 5) is 13.2. The first-order valence-electron chi connectivity index (χ1n) is 6.30. The Labute approximate surface area is 114 Å². The molecule has 0 spiro atoms. The summed E-state index contributed by atoms with van der Waals surface area (Å²) in [6, 6.07) is 1.91. The number of hydrogen-bond donors (Lipinski definition) is 0. The van der Waals surface area contributed by atoms with E-state index in [0.717, 1.165) is 36.6 Å². The van der Waals surface area contributed by atoms with Crippen molar-refractivity contribution in [3.63, 3.8) is 0 Å². The number of aromatic nitrogens is 5. The summed E-state index contributed by atoms with van der Waals surface area (Å²) in [6.07, 6.45) is 9.73. The van der Waals surface area contributed by atoms with Crippen molar-refractivity contribution in [2.45, 2.75) is 25.8 Å². The Balaban J connectivity index is 1.89. The number of hydrogen-bond acceptors (Lipinski definition) is 3. The van der Waals surface area contributed by atoms with E-state index in [0.29, 0.717) is 10.9 Å². The van der Waals surface area contributed by atoms with Gasteiger partial charge in [0, 0.05) is 25.4 Å². The fourth-order valence-electron chi connectivity index (χ4n) is 2.50. The van der Waals surface area contributed by atoms with Crippen molar-refractivity contribution < 1.29 is 0 Å². The molecule has 0 N–H and O–H groups in total. The van der Waals surface area contributed by atoms with Crippen LogP contribution >= 0.6 is 11.6 Å². The minimum atomic E-state index is 0.611. The number of rotatable bonds is 1. The van der Waals surface area contributed by atoms with Gasteiger partial charge in [-0.15, -0.1) is 0 Å². The van der Waals surface area contributed by atoms with Gasteiger partial charge in [-0.1, -0.05) is 11.6 Å². The molecule has 0 aromatic carbocycles. The summed E-state index contributed by atoms with van der Waals surface area (Å²) in [5.41, 5.74) is 1.52. The maximum Gasteiger partial charge on any atom is 0.234 e. The predicted molar refractivity (Wildman–Crippen MR) is 71.0 cm³/mol. The predicted octanol–water partition coefficient (Wildman–Crippen LogP) is 2.38. The van der Waals surface area contributed by atoms with E-state index >= 15 is 0 Å². The van der Waals surface area contributed by atoms with Gasteiger partial charge in [0.1, 0.15) is 22.9 Å². The molecule has 3 aromatic rings. The van der Waals surface area contributed by atoms with Crippen LogP contribution in [0.15, 0.2) is 18.5 Å². The Morgan fingerprint density at radius 2 is 2.21 bits per heavy atom. The molecule has 0 saturated carbocycles. The molecule has 0 aliphatic carbocycles. The van der Waals surface area contributed by atoms with Crippen LogP contribution in [0, 0.1) is 6.20 Å². The van der Waals surface area contributed by atoms with Gasteiger partial charge in [-0.05, 0) is 18.9 Å². The van der Waals surface area contributed by atoms with E-state index in [1.54, 1.807) is 6.20 Å². The Morgan fingerprint density at radius 3 is 3.11 bits per heavy atom.